The molecule has 3 N–H and O–H groups in total. The molecule has 0 saturated heterocycles. The summed E-state index contributed by atoms with van der Waals surface area (Å²) in [6, 6.07) is 9.37. The Balaban J connectivity index is 2.04. The minimum absolute atomic E-state index is 0.513. The highest BCUT2D eigenvalue weighted by Gasteiger charge is 2.29. The highest BCUT2D eigenvalue weighted by molar-refractivity contribution is 7.10. The molecule has 1 heterocycles. The van der Waals surface area contributed by atoms with E-state index in [-0.39, 0.29) is 0 Å². The fourth-order valence-corrected chi connectivity index (χ4v) is 3.30. The van der Waals surface area contributed by atoms with Crippen molar-refractivity contribution in [3.63, 3.8) is 0 Å². The van der Waals surface area contributed by atoms with Gasteiger partial charge in [-0.05, 0) is 36.1 Å². The average molecular weight is 400 g/mol. The Labute approximate surface area is 161 Å². The number of thiophene rings is 1. The number of methoxy groups -OCH3 is 1. The number of halogens is 1. The molecule has 0 aliphatic carbocycles. The molecule has 2 aromatic rings. The van der Waals surface area contributed by atoms with E-state index in [9.17, 15) is 19.7 Å². The van der Waals surface area contributed by atoms with Crippen molar-refractivity contribution < 1.29 is 33.9 Å². The van der Waals surface area contributed by atoms with Gasteiger partial charge in [0, 0.05) is 6.42 Å². The highest BCUT2D eigenvalue weighted by atomic mass is 32.1. The van der Waals surface area contributed by atoms with Gasteiger partial charge in [0.1, 0.15) is 24.2 Å². The molecule has 0 aliphatic rings. The second-order valence-corrected chi connectivity index (χ2v) is 7.01. The Hall–Kier alpha value is -1.71. The van der Waals surface area contributed by atoms with Gasteiger partial charge in [-0.15, -0.1) is 11.3 Å². The van der Waals surface area contributed by atoms with E-state index in [1.54, 1.807) is 13.2 Å². The first-order valence-corrected chi connectivity index (χ1v) is 9.41. The molecule has 8 heteroatoms. The SMILES string of the molecule is COc1ccc(Cc2sccc2OC(CO)OC(CO)C(F)C(C)O)cc1. The Bertz CT molecular complexity index is 675. The molecule has 4 atom stereocenters. The average Bonchev–Trinajstić information content (AvgIpc) is 3.11. The first-order chi connectivity index (χ1) is 13.0. The second-order valence-electron chi connectivity index (χ2n) is 6.01. The van der Waals surface area contributed by atoms with E-state index in [1.807, 2.05) is 29.6 Å². The summed E-state index contributed by atoms with van der Waals surface area (Å²) < 4.78 is 30.0. The maximum Gasteiger partial charge on any atom is 0.223 e. The molecule has 1 aromatic heterocycles. The Morgan fingerprint density at radius 3 is 2.37 bits per heavy atom. The van der Waals surface area contributed by atoms with Gasteiger partial charge in [-0.1, -0.05) is 12.1 Å². The van der Waals surface area contributed by atoms with E-state index in [2.05, 4.69) is 0 Å². The van der Waals surface area contributed by atoms with Crippen molar-refractivity contribution in [1.82, 2.24) is 0 Å². The molecule has 0 saturated carbocycles. The van der Waals surface area contributed by atoms with Gasteiger partial charge in [-0.25, -0.2) is 4.39 Å². The van der Waals surface area contributed by atoms with E-state index in [1.165, 1.54) is 18.3 Å². The number of aliphatic hydroxyl groups excluding tert-OH is 3. The summed E-state index contributed by atoms with van der Waals surface area (Å²) in [5.41, 5.74) is 1.05. The Morgan fingerprint density at radius 1 is 1.11 bits per heavy atom. The predicted molar refractivity (Wildman–Crippen MR) is 100 cm³/mol. The van der Waals surface area contributed by atoms with Crippen molar-refractivity contribution in [2.45, 2.75) is 38.0 Å². The fourth-order valence-electron chi connectivity index (χ4n) is 2.47. The molecule has 0 fully saturated rings. The zero-order valence-corrected chi connectivity index (χ0v) is 16.1. The van der Waals surface area contributed by atoms with Crippen molar-refractivity contribution in [1.29, 1.82) is 0 Å². The second kappa shape index (κ2) is 10.6. The van der Waals surface area contributed by atoms with Gasteiger partial charge in [0.25, 0.3) is 0 Å². The first kappa shape index (κ1) is 21.6. The van der Waals surface area contributed by atoms with E-state index >= 15 is 0 Å². The third-order valence-electron chi connectivity index (χ3n) is 3.96. The molecular formula is C19H25FO6S. The minimum Gasteiger partial charge on any atom is -0.497 e. The summed E-state index contributed by atoms with van der Waals surface area (Å²) in [7, 11) is 1.61. The van der Waals surface area contributed by atoms with Gasteiger partial charge in [0.2, 0.25) is 6.29 Å². The van der Waals surface area contributed by atoms with Crippen LogP contribution in [0.15, 0.2) is 35.7 Å². The monoisotopic (exact) mass is 400 g/mol. The molecule has 0 aliphatic heterocycles. The van der Waals surface area contributed by atoms with Crippen LogP contribution in [0.4, 0.5) is 4.39 Å². The van der Waals surface area contributed by atoms with Gasteiger partial charge < -0.3 is 29.5 Å². The quantitative estimate of drug-likeness (QED) is 0.501. The van der Waals surface area contributed by atoms with Crippen LogP contribution in [-0.2, 0) is 11.2 Å². The van der Waals surface area contributed by atoms with E-state index in [4.69, 9.17) is 14.2 Å². The summed E-state index contributed by atoms with van der Waals surface area (Å²) in [6.45, 7) is 0.0897. The lowest BCUT2D eigenvalue weighted by atomic mass is 10.1. The molecule has 4 unspecified atom stereocenters. The first-order valence-electron chi connectivity index (χ1n) is 8.53. The molecule has 150 valence electrons. The normalized spacial score (nSPS) is 15.8. The van der Waals surface area contributed by atoms with Crippen LogP contribution in [0.1, 0.15) is 17.4 Å². The number of aliphatic hydroxyl groups is 3. The lowest BCUT2D eigenvalue weighted by Gasteiger charge is -2.26. The maximum atomic E-state index is 13.9. The number of alkyl halides is 1. The topological polar surface area (TPSA) is 88.4 Å². The summed E-state index contributed by atoms with van der Waals surface area (Å²) in [6.07, 6.45) is -4.96. The minimum atomic E-state index is -1.80. The Kier molecular flexibility index (Phi) is 8.46. The highest BCUT2D eigenvalue weighted by Crippen LogP contribution is 2.29. The molecule has 2 rings (SSSR count). The third kappa shape index (κ3) is 6.15. The summed E-state index contributed by atoms with van der Waals surface area (Å²) in [4.78, 5) is 0.912. The largest absolute Gasteiger partial charge is 0.497 e. The van der Waals surface area contributed by atoms with Crippen LogP contribution in [0.25, 0.3) is 0 Å². The number of rotatable bonds is 11. The number of ether oxygens (including phenoxy) is 3. The molecule has 0 radical (unpaired) electrons. The smallest absolute Gasteiger partial charge is 0.223 e. The summed E-state index contributed by atoms with van der Waals surface area (Å²) >= 11 is 1.49. The zero-order valence-electron chi connectivity index (χ0n) is 15.2. The lowest BCUT2D eigenvalue weighted by Crippen LogP contribution is -2.41. The zero-order chi connectivity index (χ0) is 19.8. The van der Waals surface area contributed by atoms with E-state index in [0.717, 1.165) is 16.2 Å². The van der Waals surface area contributed by atoms with Crippen LogP contribution >= 0.6 is 11.3 Å². The van der Waals surface area contributed by atoms with Gasteiger partial charge in [0.05, 0.1) is 24.7 Å². The summed E-state index contributed by atoms with van der Waals surface area (Å²) in [5.74, 6) is 1.28. The molecular weight excluding hydrogens is 375 g/mol. The van der Waals surface area contributed by atoms with Crippen molar-refractivity contribution in [2.75, 3.05) is 20.3 Å². The van der Waals surface area contributed by atoms with Gasteiger partial charge >= 0.3 is 0 Å². The standard InChI is InChI=1S/C19H25FO6S/c1-12(23)19(20)16(10-21)26-18(11-22)25-15-7-8-27-17(15)9-13-3-5-14(24-2)6-4-13/h3-8,12,16,18-19,21-23H,9-11H2,1-2H3. The van der Waals surface area contributed by atoms with Crippen molar-refractivity contribution in [2.24, 2.45) is 0 Å². The maximum absolute atomic E-state index is 13.9. The molecule has 0 bridgehead atoms. The van der Waals surface area contributed by atoms with Gasteiger partial charge in [0.15, 0.2) is 6.17 Å². The van der Waals surface area contributed by atoms with Crippen LogP contribution in [-0.4, -0.2) is 60.3 Å². The molecule has 6 nitrogen and oxygen atoms in total. The molecule has 0 amide bonds. The van der Waals surface area contributed by atoms with Crippen molar-refractivity contribution in [3.8, 4) is 11.5 Å². The number of benzene rings is 1. The summed E-state index contributed by atoms with van der Waals surface area (Å²) in [5, 5.41) is 30.0. The van der Waals surface area contributed by atoms with Crippen molar-refractivity contribution >= 4 is 11.3 Å². The van der Waals surface area contributed by atoms with Crippen LogP contribution < -0.4 is 9.47 Å². The van der Waals surface area contributed by atoms with Crippen LogP contribution in [0, 0.1) is 0 Å². The Morgan fingerprint density at radius 2 is 1.81 bits per heavy atom. The number of hydrogen-bond donors (Lipinski definition) is 3. The lowest BCUT2D eigenvalue weighted by molar-refractivity contribution is -0.177. The van der Waals surface area contributed by atoms with Crippen LogP contribution in [0.5, 0.6) is 11.5 Å². The number of hydrogen-bond acceptors (Lipinski definition) is 7. The third-order valence-corrected chi connectivity index (χ3v) is 4.86. The van der Waals surface area contributed by atoms with E-state index in [0.29, 0.717) is 12.2 Å². The molecule has 27 heavy (non-hydrogen) atoms. The molecule has 1 aromatic carbocycles. The predicted octanol–water partition coefficient (Wildman–Crippen LogP) is 2.14. The van der Waals surface area contributed by atoms with Gasteiger partial charge in [-0.2, -0.15) is 0 Å². The van der Waals surface area contributed by atoms with Gasteiger partial charge in [-0.3, -0.25) is 0 Å². The molecule has 0 spiro atoms. The van der Waals surface area contributed by atoms with Crippen LogP contribution in [0.2, 0.25) is 0 Å². The fraction of sp³-hybridized carbons (Fsp3) is 0.474. The van der Waals surface area contributed by atoms with Crippen molar-refractivity contribution in [3.05, 3.63) is 46.2 Å². The van der Waals surface area contributed by atoms with Crippen LogP contribution in [0.3, 0.4) is 0 Å². The van der Waals surface area contributed by atoms with E-state index < -0.39 is 37.9 Å².